The summed E-state index contributed by atoms with van der Waals surface area (Å²) in [6.07, 6.45) is 2.63. The van der Waals surface area contributed by atoms with Gasteiger partial charge in [-0.05, 0) is 37.5 Å². The molecule has 120 valence electrons. The first-order chi connectivity index (χ1) is 11.0. The van der Waals surface area contributed by atoms with Gasteiger partial charge >= 0.3 is 0 Å². The Morgan fingerprint density at radius 3 is 2.78 bits per heavy atom. The lowest BCUT2D eigenvalue weighted by Crippen LogP contribution is -2.38. The molecule has 0 unspecified atom stereocenters. The van der Waals surface area contributed by atoms with Gasteiger partial charge in [0.2, 0.25) is 17.7 Å². The standard InChI is InChI=1S/C17H17ClN2O3/c1-10-3-2-4-12(7-10)19-15(21)9-20-16(22)13-6-5-11(18)8-14(13)17(20)23/h2-5,7,13-14H,6,8-9H2,1H3,(H,19,21)/t13-,14+/m1/s1. The highest BCUT2D eigenvalue weighted by atomic mass is 35.5. The van der Waals surface area contributed by atoms with Gasteiger partial charge in [-0.15, -0.1) is 0 Å². The molecule has 0 aromatic heterocycles. The molecular formula is C17H17ClN2O3. The molecule has 1 saturated heterocycles. The van der Waals surface area contributed by atoms with Crippen molar-refractivity contribution >= 4 is 35.0 Å². The molecule has 3 rings (SSSR count). The number of hydrogen-bond acceptors (Lipinski definition) is 3. The molecule has 0 bridgehead atoms. The van der Waals surface area contributed by atoms with E-state index in [1.54, 1.807) is 12.1 Å². The zero-order valence-electron chi connectivity index (χ0n) is 12.7. The molecule has 0 radical (unpaired) electrons. The number of nitrogens with zero attached hydrogens (tertiary/aromatic N) is 1. The predicted molar refractivity (Wildman–Crippen MR) is 86.7 cm³/mol. The molecule has 1 fully saturated rings. The van der Waals surface area contributed by atoms with Crippen molar-refractivity contribution in [1.29, 1.82) is 0 Å². The highest BCUT2D eigenvalue weighted by Gasteiger charge is 2.48. The third-order valence-electron chi connectivity index (χ3n) is 4.26. The summed E-state index contributed by atoms with van der Waals surface area (Å²) in [5, 5.41) is 3.33. The average molecular weight is 333 g/mol. The third-order valence-corrected chi connectivity index (χ3v) is 4.57. The van der Waals surface area contributed by atoms with E-state index in [0.717, 1.165) is 10.5 Å². The van der Waals surface area contributed by atoms with Crippen LogP contribution in [0.3, 0.4) is 0 Å². The lowest BCUT2D eigenvalue weighted by molar-refractivity contribution is -0.142. The second-order valence-electron chi connectivity index (χ2n) is 5.98. The summed E-state index contributed by atoms with van der Waals surface area (Å²) in [4.78, 5) is 37.9. The number of anilines is 1. The van der Waals surface area contributed by atoms with Gasteiger partial charge in [0, 0.05) is 10.7 Å². The molecule has 1 aromatic carbocycles. The smallest absolute Gasteiger partial charge is 0.244 e. The van der Waals surface area contributed by atoms with E-state index in [9.17, 15) is 14.4 Å². The molecule has 0 saturated carbocycles. The van der Waals surface area contributed by atoms with Gasteiger partial charge < -0.3 is 5.32 Å². The summed E-state index contributed by atoms with van der Waals surface area (Å²) in [5.74, 6) is -1.76. The Morgan fingerprint density at radius 1 is 1.30 bits per heavy atom. The van der Waals surface area contributed by atoms with E-state index in [-0.39, 0.29) is 30.2 Å². The molecule has 1 heterocycles. The number of likely N-dealkylation sites (tertiary alicyclic amines) is 1. The number of aryl methyl sites for hydroxylation is 1. The van der Waals surface area contributed by atoms with Crippen LogP contribution in [0.1, 0.15) is 18.4 Å². The average Bonchev–Trinajstić information content (AvgIpc) is 2.72. The van der Waals surface area contributed by atoms with Crippen LogP contribution in [0.4, 0.5) is 5.69 Å². The molecule has 6 heteroatoms. The molecule has 1 aliphatic carbocycles. The van der Waals surface area contributed by atoms with Crippen LogP contribution >= 0.6 is 11.6 Å². The molecular weight excluding hydrogens is 316 g/mol. The fraction of sp³-hybridized carbons (Fsp3) is 0.353. The zero-order chi connectivity index (χ0) is 16.6. The number of carbonyl (C=O) groups excluding carboxylic acids is 3. The molecule has 1 aliphatic heterocycles. The maximum absolute atomic E-state index is 12.4. The molecule has 1 aromatic rings. The van der Waals surface area contributed by atoms with Crippen LogP contribution in [0.15, 0.2) is 35.4 Å². The van der Waals surface area contributed by atoms with Gasteiger partial charge in [0.15, 0.2) is 0 Å². The summed E-state index contributed by atoms with van der Waals surface area (Å²) in [5.41, 5.74) is 1.67. The Kier molecular flexibility index (Phi) is 4.22. The zero-order valence-corrected chi connectivity index (χ0v) is 13.5. The number of hydrogen-bond donors (Lipinski definition) is 1. The van der Waals surface area contributed by atoms with E-state index in [1.165, 1.54) is 0 Å². The molecule has 23 heavy (non-hydrogen) atoms. The van der Waals surface area contributed by atoms with Gasteiger partial charge in [0.25, 0.3) is 0 Å². The maximum atomic E-state index is 12.4. The fourth-order valence-electron chi connectivity index (χ4n) is 3.12. The Hall–Kier alpha value is -2.14. The Bertz CT molecular complexity index is 714. The monoisotopic (exact) mass is 332 g/mol. The second kappa shape index (κ2) is 6.16. The molecule has 5 nitrogen and oxygen atoms in total. The van der Waals surface area contributed by atoms with E-state index < -0.39 is 5.92 Å². The van der Waals surface area contributed by atoms with Crippen LogP contribution in [0.25, 0.3) is 0 Å². The van der Waals surface area contributed by atoms with Crippen LogP contribution in [-0.4, -0.2) is 29.2 Å². The molecule has 0 spiro atoms. The summed E-state index contributed by atoms with van der Waals surface area (Å²) < 4.78 is 0. The third kappa shape index (κ3) is 3.15. The number of allylic oxidation sites excluding steroid dienone is 2. The number of carbonyl (C=O) groups is 3. The maximum Gasteiger partial charge on any atom is 0.244 e. The van der Waals surface area contributed by atoms with Gasteiger partial charge in [-0.2, -0.15) is 0 Å². The summed E-state index contributed by atoms with van der Waals surface area (Å²) in [6, 6.07) is 7.35. The van der Waals surface area contributed by atoms with Crippen molar-refractivity contribution in [3.8, 4) is 0 Å². The number of rotatable bonds is 3. The SMILES string of the molecule is Cc1cccc(NC(=O)CN2C(=O)[C@H]3CC(Cl)=CC[C@H]3C2=O)c1. The van der Waals surface area contributed by atoms with Crippen molar-refractivity contribution in [3.05, 3.63) is 40.9 Å². The Balaban J connectivity index is 1.67. The first kappa shape index (κ1) is 15.7. The Morgan fingerprint density at radius 2 is 2.04 bits per heavy atom. The van der Waals surface area contributed by atoms with E-state index in [0.29, 0.717) is 23.6 Å². The first-order valence-electron chi connectivity index (χ1n) is 7.52. The predicted octanol–water partition coefficient (Wildman–Crippen LogP) is 2.45. The van der Waals surface area contributed by atoms with E-state index in [1.807, 2.05) is 25.1 Å². The minimum atomic E-state index is -0.424. The van der Waals surface area contributed by atoms with Crippen molar-refractivity contribution in [2.75, 3.05) is 11.9 Å². The van der Waals surface area contributed by atoms with Gasteiger partial charge in [-0.25, -0.2) is 0 Å². The largest absolute Gasteiger partial charge is 0.325 e. The summed E-state index contributed by atoms with van der Waals surface area (Å²) in [6.45, 7) is 1.67. The van der Waals surface area contributed by atoms with Crippen LogP contribution in [0.5, 0.6) is 0 Å². The molecule has 3 amide bonds. The van der Waals surface area contributed by atoms with Crippen LogP contribution in [-0.2, 0) is 14.4 Å². The topological polar surface area (TPSA) is 66.5 Å². The van der Waals surface area contributed by atoms with Crippen LogP contribution < -0.4 is 5.32 Å². The lowest BCUT2D eigenvalue weighted by atomic mass is 9.85. The van der Waals surface area contributed by atoms with Crippen LogP contribution in [0, 0.1) is 18.8 Å². The number of benzene rings is 1. The molecule has 1 N–H and O–H groups in total. The van der Waals surface area contributed by atoms with E-state index >= 15 is 0 Å². The van der Waals surface area contributed by atoms with E-state index in [4.69, 9.17) is 11.6 Å². The van der Waals surface area contributed by atoms with Crippen molar-refractivity contribution in [3.63, 3.8) is 0 Å². The highest BCUT2D eigenvalue weighted by Crippen LogP contribution is 2.38. The number of nitrogens with one attached hydrogen (secondary N) is 1. The van der Waals surface area contributed by atoms with Gasteiger partial charge in [-0.3, -0.25) is 19.3 Å². The fourth-order valence-corrected chi connectivity index (χ4v) is 3.37. The number of amides is 3. The minimum absolute atomic E-state index is 0.254. The summed E-state index contributed by atoms with van der Waals surface area (Å²) >= 11 is 5.97. The van der Waals surface area contributed by atoms with Gasteiger partial charge in [0.05, 0.1) is 11.8 Å². The lowest BCUT2D eigenvalue weighted by Gasteiger charge is -2.17. The Labute approximate surface area is 139 Å². The number of halogens is 1. The van der Waals surface area contributed by atoms with Crippen molar-refractivity contribution in [2.24, 2.45) is 11.8 Å². The number of fused-ring (bicyclic) bond motifs is 1. The normalized spacial score (nSPS) is 23.6. The molecule has 2 aliphatic rings. The minimum Gasteiger partial charge on any atom is -0.325 e. The van der Waals surface area contributed by atoms with Gasteiger partial charge in [-0.1, -0.05) is 29.8 Å². The van der Waals surface area contributed by atoms with Crippen LogP contribution in [0.2, 0.25) is 0 Å². The summed E-state index contributed by atoms with van der Waals surface area (Å²) in [7, 11) is 0. The van der Waals surface area contributed by atoms with Gasteiger partial charge in [0.1, 0.15) is 6.54 Å². The molecule has 2 atom stereocenters. The first-order valence-corrected chi connectivity index (χ1v) is 7.90. The van der Waals surface area contributed by atoms with Crippen molar-refractivity contribution in [1.82, 2.24) is 4.90 Å². The number of imide groups is 1. The quantitative estimate of drug-likeness (QED) is 0.865. The second-order valence-corrected chi connectivity index (χ2v) is 6.47. The van der Waals surface area contributed by atoms with E-state index in [2.05, 4.69) is 5.32 Å². The van der Waals surface area contributed by atoms with Crippen molar-refractivity contribution < 1.29 is 14.4 Å². The highest BCUT2D eigenvalue weighted by molar-refractivity contribution is 6.30. The van der Waals surface area contributed by atoms with Crippen molar-refractivity contribution in [2.45, 2.75) is 19.8 Å².